The lowest BCUT2D eigenvalue weighted by molar-refractivity contribution is -0.271. The molecule has 0 spiro atoms. The number of piperidine rings is 1. The highest BCUT2D eigenvalue weighted by Crippen LogP contribution is 2.42. The van der Waals surface area contributed by atoms with Crippen molar-refractivity contribution < 1.29 is 23.7 Å². The number of alkyl carbamates (subject to hydrolysis) is 1. The summed E-state index contributed by atoms with van der Waals surface area (Å²) in [5, 5.41) is 3.00. The van der Waals surface area contributed by atoms with E-state index in [4.69, 9.17) is 18.9 Å². The Kier molecular flexibility index (Phi) is 6.11. The summed E-state index contributed by atoms with van der Waals surface area (Å²) in [5.41, 5.74) is 0.987. The highest BCUT2D eigenvalue weighted by atomic mass is 16.8. The molecule has 0 bridgehead atoms. The maximum Gasteiger partial charge on any atom is 0.407 e. The number of carbonyl (C=O) groups is 1. The predicted molar refractivity (Wildman–Crippen MR) is 107 cm³/mol. The molecule has 0 radical (unpaired) electrons. The molecular weight excluding hydrogens is 372 g/mol. The molecule has 1 N–H and O–H groups in total. The Morgan fingerprint density at radius 3 is 2.72 bits per heavy atom. The zero-order chi connectivity index (χ0) is 20.3. The third-order valence-corrected chi connectivity index (χ3v) is 5.86. The van der Waals surface area contributed by atoms with E-state index >= 15 is 0 Å². The Hall–Kier alpha value is -1.67. The van der Waals surface area contributed by atoms with Crippen LogP contribution in [0, 0.1) is 0 Å². The molecule has 3 aliphatic heterocycles. The number of hydrogen-bond acceptors (Lipinski definition) is 6. The second-order valence-electron chi connectivity index (χ2n) is 8.67. The third-order valence-electron chi connectivity index (χ3n) is 5.86. The average Bonchev–Trinajstić information content (AvgIpc) is 2.98. The highest BCUT2D eigenvalue weighted by Gasteiger charge is 2.56. The zero-order valence-corrected chi connectivity index (χ0v) is 17.4. The standard InChI is InChI=1S/C22H32N2O5/c1-21(2)28-19-9-6-14-27-22(19,29-21)16-24-12-10-18(11-13-24)23-20(25)26-15-17-7-4-3-5-8-17/h3-5,7-8,18-19H,6,9-16H2,1-2H3,(H,23,25)/t19-,22-/m0/s1. The molecule has 0 aliphatic carbocycles. The van der Waals surface area contributed by atoms with Gasteiger partial charge in [0.1, 0.15) is 12.7 Å². The van der Waals surface area contributed by atoms with Gasteiger partial charge in [-0.1, -0.05) is 30.3 Å². The van der Waals surface area contributed by atoms with Crippen LogP contribution in [0.4, 0.5) is 4.79 Å². The van der Waals surface area contributed by atoms with Crippen molar-refractivity contribution >= 4 is 6.09 Å². The molecule has 0 unspecified atom stereocenters. The second kappa shape index (κ2) is 8.60. The van der Waals surface area contributed by atoms with Gasteiger partial charge >= 0.3 is 6.09 Å². The average molecular weight is 405 g/mol. The number of hydrogen-bond donors (Lipinski definition) is 1. The van der Waals surface area contributed by atoms with Gasteiger partial charge in [-0.25, -0.2) is 4.79 Å². The van der Waals surface area contributed by atoms with Gasteiger partial charge in [-0.15, -0.1) is 0 Å². The second-order valence-corrected chi connectivity index (χ2v) is 8.67. The number of carbonyl (C=O) groups excluding carboxylic acids is 1. The SMILES string of the molecule is CC1(C)O[C@H]2CCCO[C@@]2(CN2CCC(NC(=O)OCc3ccccc3)CC2)O1. The van der Waals surface area contributed by atoms with Crippen LogP contribution >= 0.6 is 0 Å². The topological polar surface area (TPSA) is 69.3 Å². The Morgan fingerprint density at radius 2 is 1.97 bits per heavy atom. The molecule has 160 valence electrons. The molecule has 29 heavy (non-hydrogen) atoms. The van der Waals surface area contributed by atoms with E-state index < -0.39 is 11.6 Å². The minimum Gasteiger partial charge on any atom is -0.445 e. The zero-order valence-electron chi connectivity index (χ0n) is 17.4. The summed E-state index contributed by atoms with van der Waals surface area (Å²) in [5.74, 6) is -1.28. The van der Waals surface area contributed by atoms with Crippen LogP contribution in [-0.4, -0.2) is 61.0 Å². The van der Waals surface area contributed by atoms with Gasteiger partial charge in [0, 0.05) is 19.1 Å². The fourth-order valence-corrected chi connectivity index (χ4v) is 4.51. The van der Waals surface area contributed by atoms with E-state index in [1.807, 2.05) is 44.2 Å². The maximum absolute atomic E-state index is 12.1. The summed E-state index contributed by atoms with van der Waals surface area (Å²) in [6, 6.07) is 9.84. The molecule has 3 saturated heterocycles. The van der Waals surface area contributed by atoms with E-state index in [1.54, 1.807) is 0 Å². The van der Waals surface area contributed by atoms with Crippen molar-refractivity contribution in [3.05, 3.63) is 35.9 Å². The Balaban J connectivity index is 1.23. The predicted octanol–water partition coefficient (Wildman–Crippen LogP) is 3.04. The summed E-state index contributed by atoms with van der Waals surface area (Å²) < 4.78 is 23.8. The molecule has 3 fully saturated rings. The van der Waals surface area contributed by atoms with Crippen LogP contribution in [0.25, 0.3) is 0 Å². The fraction of sp³-hybridized carbons (Fsp3) is 0.682. The van der Waals surface area contributed by atoms with Crippen molar-refractivity contribution in [2.24, 2.45) is 0 Å². The van der Waals surface area contributed by atoms with Crippen LogP contribution in [0.3, 0.4) is 0 Å². The molecule has 2 atom stereocenters. The Morgan fingerprint density at radius 1 is 1.21 bits per heavy atom. The first-order valence-electron chi connectivity index (χ1n) is 10.7. The molecule has 1 aromatic carbocycles. The summed E-state index contributed by atoms with van der Waals surface area (Å²) in [7, 11) is 0. The largest absolute Gasteiger partial charge is 0.445 e. The minimum absolute atomic E-state index is 0.0185. The van der Waals surface area contributed by atoms with E-state index in [0.29, 0.717) is 19.8 Å². The van der Waals surface area contributed by atoms with E-state index in [0.717, 1.165) is 44.3 Å². The molecule has 1 amide bonds. The van der Waals surface area contributed by atoms with Crippen LogP contribution in [0.1, 0.15) is 45.1 Å². The van der Waals surface area contributed by atoms with Crippen LogP contribution in [0.2, 0.25) is 0 Å². The van der Waals surface area contributed by atoms with Gasteiger partial charge in [0.05, 0.1) is 13.2 Å². The Labute approximate surface area is 172 Å². The normalized spacial score (nSPS) is 29.9. The summed E-state index contributed by atoms with van der Waals surface area (Å²) in [4.78, 5) is 14.5. The van der Waals surface area contributed by atoms with Gasteiger partial charge in [0.2, 0.25) is 5.79 Å². The van der Waals surface area contributed by atoms with Crippen molar-refractivity contribution in [2.45, 2.75) is 69.9 Å². The van der Waals surface area contributed by atoms with Crippen LogP contribution in [0.5, 0.6) is 0 Å². The number of amides is 1. The van der Waals surface area contributed by atoms with Gasteiger partial charge in [-0.2, -0.15) is 0 Å². The first kappa shape index (κ1) is 20.6. The van der Waals surface area contributed by atoms with Gasteiger partial charge in [-0.3, -0.25) is 4.90 Å². The summed E-state index contributed by atoms with van der Waals surface area (Å²) >= 11 is 0. The lowest BCUT2D eigenvalue weighted by Gasteiger charge is -2.42. The van der Waals surface area contributed by atoms with Crippen molar-refractivity contribution in [1.29, 1.82) is 0 Å². The molecule has 7 nitrogen and oxygen atoms in total. The van der Waals surface area contributed by atoms with Crippen molar-refractivity contribution in [2.75, 3.05) is 26.2 Å². The van der Waals surface area contributed by atoms with E-state index in [9.17, 15) is 4.79 Å². The number of benzene rings is 1. The van der Waals surface area contributed by atoms with Crippen molar-refractivity contribution in [3.63, 3.8) is 0 Å². The fourth-order valence-electron chi connectivity index (χ4n) is 4.51. The molecule has 7 heteroatoms. The number of rotatable bonds is 5. The van der Waals surface area contributed by atoms with Crippen molar-refractivity contribution in [3.8, 4) is 0 Å². The monoisotopic (exact) mass is 404 g/mol. The van der Waals surface area contributed by atoms with Crippen molar-refractivity contribution in [1.82, 2.24) is 10.2 Å². The van der Waals surface area contributed by atoms with Gasteiger partial charge in [0.25, 0.3) is 0 Å². The van der Waals surface area contributed by atoms with Crippen LogP contribution in [0.15, 0.2) is 30.3 Å². The lowest BCUT2D eigenvalue weighted by Crippen LogP contribution is -2.56. The van der Waals surface area contributed by atoms with E-state index in [-0.39, 0.29) is 18.2 Å². The Bertz CT molecular complexity index is 690. The number of nitrogens with one attached hydrogen (secondary N) is 1. The molecule has 4 rings (SSSR count). The molecule has 1 aromatic rings. The number of nitrogens with zero attached hydrogens (tertiary/aromatic N) is 1. The molecule has 0 saturated carbocycles. The quantitative estimate of drug-likeness (QED) is 0.814. The number of likely N-dealkylation sites (tertiary alicyclic amines) is 1. The third kappa shape index (κ3) is 5.09. The smallest absolute Gasteiger partial charge is 0.407 e. The van der Waals surface area contributed by atoms with E-state index in [1.165, 1.54) is 0 Å². The first-order chi connectivity index (χ1) is 13.9. The summed E-state index contributed by atoms with van der Waals surface area (Å²) in [6.45, 7) is 7.37. The highest BCUT2D eigenvalue weighted by molar-refractivity contribution is 5.67. The summed E-state index contributed by atoms with van der Waals surface area (Å²) in [6.07, 6.45) is 3.36. The maximum atomic E-state index is 12.1. The first-order valence-corrected chi connectivity index (χ1v) is 10.7. The molecule has 3 heterocycles. The van der Waals surface area contributed by atoms with Gasteiger partial charge in [0.15, 0.2) is 5.79 Å². The molecule has 3 aliphatic rings. The van der Waals surface area contributed by atoms with Gasteiger partial charge in [-0.05, 0) is 45.1 Å². The van der Waals surface area contributed by atoms with Gasteiger partial charge < -0.3 is 24.3 Å². The van der Waals surface area contributed by atoms with E-state index in [2.05, 4.69) is 10.2 Å². The number of fused-ring (bicyclic) bond motifs is 1. The molecule has 0 aromatic heterocycles. The minimum atomic E-state index is -0.670. The number of ether oxygens (including phenoxy) is 4. The van der Waals surface area contributed by atoms with Crippen LogP contribution in [-0.2, 0) is 25.6 Å². The van der Waals surface area contributed by atoms with Crippen LogP contribution < -0.4 is 5.32 Å². The lowest BCUT2D eigenvalue weighted by atomic mass is 9.99. The molecular formula is C22H32N2O5.